The number of nitrogens with one attached hydrogen (secondary N) is 1. The van der Waals surface area contributed by atoms with Gasteiger partial charge >= 0.3 is 0 Å². The quantitative estimate of drug-likeness (QED) is 0.887. The number of hydrogen-bond acceptors (Lipinski definition) is 3. The van der Waals surface area contributed by atoms with Crippen molar-refractivity contribution in [2.24, 2.45) is 0 Å². The average Bonchev–Trinajstić information content (AvgIpc) is 3.09. The van der Waals surface area contributed by atoms with Crippen LogP contribution >= 0.6 is 0 Å². The van der Waals surface area contributed by atoms with Crippen molar-refractivity contribution < 1.29 is 22.0 Å². The van der Waals surface area contributed by atoms with Crippen molar-refractivity contribution in [3.05, 3.63) is 59.7 Å². The van der Waals surface area contributed by atoms with Gasteiger partial charge in [0, 0.05) is 12.6 Å². The lowest BCUT2D eigenvalue weighted by Gasteiger charge is -2.23. The second-order valence-electron chi connectivity index (χ2n) is 6.20. The number of benzene rings is 2. The van der Waals surface area contributed by atoms with E-state index < -0.39 is 33.6 Å². The van der Waals surface area contributed by atoms with Gasteiger partial charge in [-0.1, -0.05) is 17.7 Å². The van der Waals surface area contributed by atoms with E-state index in [2.05, 4.69) is 5.32 Å². The Morgan fingerprint density at radius 3 is 2.54 bits per heavy atom. The fourth-order valence-electron chi connectivity index (χ4n) is 2.94. The second-order valence-corrected chi connectivity index (χ2v) is 8.09. The third kappa shape index (κ3) is 3.61. The highest BCUT2D eigenvalue weighted by molar-refractivity contribution is 7.89. The number of anilines is 1. The summed E-state index contributed by atoms with van der Waals surface area (Å²) in [5.41, 5.74) is 0.607. The number of halogens is 2. The average molecular weight is 380 g/mol. The van der Waals surface area contributed by atoms with Gasteiger partial charge in [0.2, 0.25) is 15.9 Å². The molecule has 0 aliphatic carbocycles. The van der Waals surface area contributed by atoms with Crippen LogP contribution in [0.4, 0.5) is 14.5 Å². The molecule has 138 valence electrons. The van der Waals surface area contributed by atoms with Crippen molar-refractivity contribution in [1.82, 2.24) is 4.31 Å². The van der Waals surface area contributed by atoms with Gasteiger partial charge in [0.05, 0.1) is 10.6 Å². The van der Waals surface area contributed by atoms with Gasteiger partial charge in [-0.2, -0.15) is 4.31 Å². The van der Waals surface area contributed by atoms with Gasteiger partial charge in [0.15, 0.2) is 0 Å². The highest BCUT2D eigenvalue weighted by Gasteiger charge is 2.39. The molecular weight excluding hydrogens is 362 g/mol. The third-order valence-corrected chi connectivity index (χ3v) is 6.24. The molecule has 0 radical (unpaired) electrons. The minimum atomic E-state index is -3.86. The van der Waals surface area contributed by atoms with Crippen LogP contribution in [-0.4, -0.2) is 31.2 Å². The third-order valence-electron chi connectivity index (χ3n) is 4.32. The van der Waals surface area contributed by atoms with Gasteiger partial charge in [-0.25, -0.2) is 17.2 Å². The normalized spacial score (nSPS) is 18.0. The summed E-state index contributed by atoms with van der Waals surface area (Å²) in [5, 5.41) is 2.30. The molecule has 1 heterocycles. The highest BCUT2D eigenvalue weighted by Crippen LogP contribution is 2.27. The molecule has 1 unspecified atom stereocenters. The Morgan fingerprint density at radius 1 is 1.15 bits per heavy atom. The van der Waals surface area contributed by atoms with Crippen LogP contribution in [0.3, 0.4) is 0 Å². The Morgan fingerprint density at radius 2 is 1.85 bits per heavy atom. The summed E-state index contributed by atoms with van der Waals surface area (Å²) in [6, 6.07) is 8.08. The summed E-state index contributed by atoms with van der Waals surface area (Å²) in [6.07, 6.45) is 0.822. The van der Waals surface area contributed by atoms with E-state index in [1.807, 2.05) is 6.92 Å². The van der Waals surface area contributed by atoms with Crippen LogP contribution in [0, 0.1) is 18.6 Å². The van der Waals surface area contributed by atoms with Crippen LogP contribution in [0.1, 0.15) is 18.4 Å². The van der Waals surface area contributed by atoms with E-state index in [-0.39, 0.29) is 17.1 Å². The Kier molecular flexibility index (Phi) is 5.06. The predicted octanol–water partition coefficient (Wildman–Crippen LogP) is 3.07. The molecule has 0 aromatic heterocycles. The first kappa shape index (κ1) is 18.5. The lowest BCUT2D eigenvalue weighted by Crippen LogP contribution is -2.43. The summed E-state index contributed by atoms with van der Waals surface area (Å²) >= 11 is 0. The van der Waals surface area contributed by atoms with Crippen LogP contribution in [0.5, 0.6) is 0 Å². The van der Waals surface area contributed by atoms with E-state index in [1.165, 1.54) is 12.1 Å². The molecule has 1 amide bonds. The van der Waals surface area contributed by atoms with Crippen molar-refractivity contribution in [1.29, 1.82) is 0 Å². The first-order chi connectivity index (χ1) is 12.3. The molecule has 2 aromatic rings. The van der Waals surface area contributed by atoms with Gasteiger partial charge in [-0.05, 0) is 44.0 Å². The smallest absolute Gasteiger partial charge is 0.243 e. The van der Waals surface area contributed by atoms with E-state index in [0.29, 0.717) is 12.8 Å². The van der Waals surface area contributed by atoms with Gasteiger partial charge in [0.25, 0.3) is 0 Å². The Bertz CT molecular complexity index is 930. The van der Waals surface area contributed by atoms with E-state index >= 15 is 0 Å². The number of aryl methyl sites for hydroxylation is 1. The highest BCUT2D eigenvalue weighted by atomic mass is 32.2. The molecule has 1 N–H and O–H groups in total. The molecule has 1 saturated heterocycles. The summed E-state index contributed by atoms with van der Waals surface area (Å²) < 4.78 is 53.8. The first-order valence-corrected chi connectivity index (χ1v) is 9.57. The maximum absolute atomic E-state index is 13.7. The van der Waals surface area contributed by atoms with Crippen molar-refractivity contribution in [3.8, 4) is 0 Å². The molecule has 0 spiro atoms. The molecule has 1 aliphatic heterocycles. The maximum atomic E-state index is 13.7. The van der Waals surface area contributed by atoms with Crippen molar-refractivity contribution in [2.45, 2.75) is 30.7 Å². The zero-order valence-electron chi connectivity index (χ0n) is 14.1. The topological polar surface area (TPSA) is 66.5 Å². The standard InChI is InChI=1S/C18H18F2N2O3S/c1-12-4-7-14(8-5-12)26(24,25)22-10-2-3-17(22)18(23)21-16-11-13(19)6-9-15(16)20/h4-9,11,17H,2-3,10H2,1H3,(H,21,23). The van der Waals surface area contributed by atoms with Crippen molar-refractivity contribution >= 4 is 21.6 Å². The van der Waals surface area contributed by atoms with Crippen LogP contribution < -0.4 is 5.32 Å². The molecule has 1 fully saturated rings. The van der Waals surface area contributed by atoms with Crippen LogP contribution in [0.15, 0.2) is 47.4 Å². The molecule has 26 heavy (non-hydrogen) atoms. The molecule has 0 saturated carbocycles. The van der Waals surface area contributed by atoms with E-state index in [9.17, 15) is 22.0 Å². The molecule has 1 atom stereocenters. The number of rotatable bonds is 4. The zero-order valence-corrected chi connectivity index (χ0v) is 14.9. The van der Waals surface area contributed by atoms with Gasteiger partial charge in [0.1, 0.15) is 17.7 Å². The number of carbonyl (C=O) groups excluding carboxylic acids is 1. The zero-order chi connectivity index (χ0) is 18.9. The van der Waals surface area contributed by atoms with E-state index in [0.717, 1.165) is 28.1 Å². The van der Waals surface area contributed by atoms with Crippen LogP contribution in [-0.2, 0) is 14.8 Å². The lowest BCUT2D eigenvalue weighted by molar-refractivity contribution is -0.119. The summed E-state index contributed by atoms with van der Waals surface area (Å²) in [6.45, 7) is 2.04. The van der Waals surface area contributed by atoms with Gasteiger partial charge in [-0.3, -0.25) is 4.79 Å². The monoisotopic (exact) mass is 380 g/mol. The van der Waals surface area contributed by atoms with E-state index in [1.54, 1.807) is 12.1 Å². The minimum Gasteiger partial charge on any atom is -0.322 e. The van der Waals surface area contributed by atoms with Crippen LogP contribution in [0.25, 0.3) is 0 Å². The maximum Gasteiger partial charge on any atom is 0.243 e. The van der Waals surface area contributed by atoms with Crippen LogP contribution in [0.2, 0.25) is 0 Å². The number of carbonyl (C=O) groups is 1. The largest absolute Gasteiger partial charge is 0.322 e. The molecule has 1 aliphatic rings. The lowest BCUT2D eigenvalue weighted by atomic mass is 10.2. The fourth-order valence-corrected chi connectivity index (χ4v) is 4.60. The fraction of sp³-hybridized carbons (Fsp3) is 0.278. The number of nitrogens with zero attached hydrogens (tertiary/aromatic N) is 1. The molecule has 0 bridgehead atoms. The Balaban J connectivity index is 1.84. The summed E-state index contributed by atoms with van der Waals surface area (Å²) in [7, 11) is -3.86. The van der Waals surface area contributed by atoms with Gasteiger partial charge in [-0.15, -0.1) is 0 Å². The van der Waals surface area contributed by atoms with E-state index in [4.69, 9.17) is 0 Å². The van der Waals surface area contributed by atoms with Crippen molar-refractivity contribution in [2.75, 3.05) is 11.9 Å². The van der Waals surface area contributed by atoms with Crippen molar-refractivity contribution in [3.63, 3.8) is 0 Å². The Labute approximate surface area is 150 Å². The number of sulfonamides is 1. The minimum absolute atomic E-state index is 0.0970. The molecule has 3 rings (SSSR count). The second kappa shape index (κ2) is 7.13. The predicted molar refractivity (Wildman–Crippen MR) is 93.1 cm³/mol. The molecular formula is C18H18F2N2O3S. The number of amides is 1. The summed E-state index contributed by atoms with van der Waals surface area (Å²) in [4.78, 5) is 12.6. The SMILES string of the molecule is Cc1ccc(S(=O)(=O)N2CCCC2C(=O)Nc2cc(F)ccc2F)cc1. The Hall–Kier alpha value is -2.32. The first-order valence-electron chi connectivity index (χ1n) is 8.13. The molecule has 2 aromatic carbocycles. The summed E-state index contributed by atoms with van der Waals surface area (Å²) in [5.74, 6) is -2.16. The number of hydrogen-bond donors (Lipinski definition) is 1. The van der Waals surface area contributed by atoms with Gasteiger partial charge < -0.3 is 5.32 Å². The molecule has 5 nitrogen and oxygen atoms in total. The molecule has 8 heteroatoms.